The first-order chi connectivity index (χ1) is 10.1. The van der Waals surface area contributed by atoms with Gasteiger partial charge in [0, 0.05) is 5.69 Å². The predicted octanol–water partition coefficient (Wildman–Crippen LogP) is 3.18. The largest absolute Gasteiger partial charge is 0.406 e. The van der Waals surface area contributed by atoms with Crippen LogP contribution in [0.4, 0.5) is 0 Å². The van der Waals surface area contributed by atoms with E-state index in [2.05, 4.69) is 27.8 Å². The van der Waals surface area contributed by atoms with Gasteiger partial charge >= 0.3 is 11.2 Å². The van der Waals surface area contributed by atoms with E-state index in [1.54, 1.807) is 6.92 Å². The van der Waals surface area contributed by atoms with Crippen LogP contribution in [0.3, 0.4) is 0 Å². The van der Waals surface area contributed by atoms with Gasteiger partial charge in [-0.1, -0.05) is 50.2 Å². The number of hydrogen-bond donors (Lipinski definition) is 1. The zero-order valence-corrected chi connectivity index (χ0v) is 14.5. The minimum Gasteiger partial charge on any atom is -0.406 e. The van der Waals surface area contributed by atoms with Gasteiger partial charge in [0.25, 0.3) is 0 Å². The fraction of sp³-hybridized carbons (Fsp3) is 0.733. The van der Waals surface area contributed by atoms with Crippen LogP contribution in [-0.4, -0.2) is 16.3 Å². The number of hydrogen-bond acceptors (Lipinski definition) is 3. The van der Waals surface area contributed by atoms with E-state index in [1.165, 1.54) is 38.5 Å². The summed E-state index contributed by atoms with van der Waals surface area (Å²) in [6.45, 7) is 4.26. The molecule has 0 radical (unpaired) electrons. The lowest BCUT2D eigenvalue weighted by molar-refractivity contribution is 0.0872. The van der Waals surface area contributed by atoms with Crippen LogP contribution in [0.5, 0.6) is 0 Å². The van der Waals surface area contributed by atoms with Gasteiger partial charge in [0.2, 0.25) is 0 Å². The standard InChI is InChI=1S/C15H25BrN2O3/c1-3-4-5-6-7-8-9-10-11-21-18-14(19)13(16)12(2)17-15(18)20/h3-11H2,1-2H3,(H,17,20). The Balaban J connectivity index is 2.26. The highest BCUT2D eigenvalue weighted by Crippen LogP contribution is 2.08. The molecule has 0 aromatic carbocycles. The maximum atomic E-state index is 11.8. The van der Waals surface area contributed by atoms with Crippen LogP contribution >= 0.6 is 15.9 Å². The van der Waals surface area contributed by atoms with Crippen molar-refractivity contribution in [2.45, 2.75) is 65.2 Å². The Kier molecular flexibility index (Phi) is 8.42. The highest BCUT2D eigenvalue weighted by atomic mass is 79.9. The lowest BCUT2D eigenvalue weighted by Gasteiger charge is -2.08. The van der Waals surface area contributed by atoms with Gasteiger partial charge in [-0.3, -0.25) is 4.79 Å². The molecule has 0 aliphatic heterocycles. The first-order valence-electron chi connectivity index (χ1n) is 7.72. The lowest BCUT2D eigenvalue weighted by Crippen LogP contribution is -2.41. The summed E-state index contributed by atoms with van der Waals surface area (Å²) in [4.78, 5) is 31.3. The normalized spacial score (nSPS) is 10.8. The van der Waals surface area contributed by atoms with E-state index in [0.717, 1.165) is 17.6 Å². The first-order valence-corrected chi connectivity index (χ1v) is 8.52. The number of aromatic amines is 1. The third-order valence-corrected chi connectivity index (χ3v) is 4.33. The maximum absolute atomic E-state index is 11.8. The molecule has 0 unspecified atom stereocenters. The number of halogens is 1. The van der Waals surface area contributed by atoms with Crippen molar-refractivity contribution < 1.29 is 4.84 Å². The Morgan fingerprint density at radius 3 is 2.24 bits per heavy atom. The second-order valence-corrected chi connectivity index (χ2v) is 6.07. The fourth-order valence-corrected chi connectivity index (χ4v) is 2.38. The molecule has 0 bridgehead atoms. The summed E-state index contributed by atoms with van der Waals surface area (Å²) in [6.07, 6.45) is 9.53. The van der Waals surface area contributed by atoms with Crippen molar-refractivity contribution in [2.24, 2.45) is 0 Å². The minimum atomic E-state index is -0.528. The summed E-state index contributed by atoms with van der Waals surface area (Å²) >= 11 is 3.14. The number of H-pyrrole nitrogens is 1. The number of aryl methyl sites for hydroxylation is 1. The number of rotatable bonds is 10. The van der Waals surface area contributed by atoms with Crippen LogP contribution in [0.1, 0.15) is 64.0 Å². The number of unbranched alkanes of at least 4 members (excludes halogenated alkanes) is 7. The monoisotopic (exact) mass is 360 g/mol. The number of nitrogens with zero attached hydrogens (tertiary/aromatic N) is 1. The van der Waals surface area contributed by atoms with E-state index < -0.39 is 11.2 Å². The summed E-state index contributed by atoms with van der Waals surface area (Å²) in [5, 5.41) is 0. The highest BCUT2D eigenvalue weighted by molar-refractivity contribution is 9.10. The van der Waals surface area contributed by atoms with E-state index in [4.69, 9.17) is 4.84 Å². The molecule has 5 nitrogen and oxygen atoms in total. The molecule has 21 heavy (non-hydrogen) atoms. The van der Waals surface area contributed by atoms with Crippen LogP contribution in [0.2, 0.25) is 0 Å². The molecule has 120 valence electrons. The van der Waals surface area contributed by atoms with Crippen LogP contribution in [0, 0.1) is 6.92 Å². The van der Waals surface area contributed by atoms with Gasteiger partial charge in [0.1, 0.15) is 11.1 Å². The molecular formula is C15H25BrN2O3. The van der Waals surface area contributed by atoms with E-state index in [1.807, 2.05) is 0 Å². The summed E-state index contributed by atoms with van der Waals surface area (Å²) in [7, 11) is 0. The number of nitrogens with one attached hydrogen (secondary N) is 1. The van der Waals surface area contributed by atoms with E-state index in [-0.39, 0.29) is 0 Å². The summed E-state index contributed by atoms with van der Waals surface area (Å²) in [6, 6.07) is 0. The molecule has 0 amide bonds. The van der Waals surface area contributed by atoms with Crippen LogP contribution in [0.15, 0.2) is 14.1 Å². The number of aromatic nitrogens is 2. The predicted molar refractivity (Wildman–Crippen MR) is 87.8 cm³/mol. The zero-order valence-electron chi connectivity index (χ0n) is 12.9. The summed E-state index contributed by atoms with van der Waals surface area (Å²) < 4.78 is 1.12. The van der Waals surface area contributed by atoms with Gasteiger partial charge in [0.15, 0.2) is 0 Å². The lowest BCUT2D eigenvalue weighted by atomic mass is 10.1. The Morgan fingerprint density at radius 1 is 1.05 bits per heavy atom. The average molecular weight is 361 g/mol. The van der Waals surface area contributed by atoms with Crippen LogP contribution in [-0.2, 0) is 0 Å². The molecule has 1 heterocycles. The van der Waals surface area contributed by atoms with Gasteiger partial charge in [0.05, 0.1) is 0 Å². The smallest absolute Gasteiger partial charge is 0.362 e. The molecule has 6 heteroatoms. The molecule has 0 saturated heterocycles. The Labute approximate surface area is 133 Å². The van der Waals surface area contributed by atoms with Crippen molar-refractivity contribution in [3.8, 4) is 0 Å². The molecule has 0 fully saturated rings. The fourth-order valence-electron chi connectivity index (χ4n) is 2.12. The molecule has 0 aliphatic carbocycles. The second kappa shape index (κ2) is 9.82. The molecule has 1 rings (SSSR count). The molecule has 0 saturated carbocycles. The highest BCUT2D eigenvalue weighted by Gasteiger charge is 2.09. The van der Waals surface area contributed by atoms with Gasteiger partial charge in [-0.05, 0) is 35.7 Å². The van der Waals surface area contributed by atoms with Crippen molar-refractivity contribution in [3.63, 3.8) is 0 Å². The van der Waals surface area contributed by atoms with Crippen molar-refractivity contribution in [1.82, 2.24) is 9.71 Å². The molecular weight excluding hydrogens is 336 g/mol. The van der Waals surface area contributed by atoms with Crippen molar-refractivity contribution in [1.29, 1.82) is 0 Å². The Bertz CT molecular complexity index is 537. The van der Waals surface area contributed by atoms with Crippen LogP contribution in [0.25, 0.3) is 0 Å². The maximum Gasteiger partial charge on any atom is 0.362 e. The van der Waals surface area contributed by atoms with Gasteiger partial charge in [-0.25, -0.2) is 4.79 Å². The van der Waals surface area contributed by atoms with E-state index in [9.17, 15) is 9.59 Å². The van der Waals surface area contributed by atoms with Crippen molar-refractivity contribution in [2.75, 3.05) is 6.61 Å². The molecule has 1 aromatic heterocycles. The Morgan fingerprint density at radius 2 is 1.62 bits per heavy atom. The topological polar surface area (TPSA) is 64.1 Å². The molecule has 0 atom stereocenters. The quantitative estimate of drug-likeness (QED) is 0.651. The Hall–Kier alpha value is -1.04. The average Bonchev–Trinajstić information content (AvgIpc) is 2.46. The molecule has 1 aromatic rings. The first kappa shape index (κ1) is 18.0. The van der Waals surface area contributed by atoms with Crippen molar-refractivity contribution >= 4 is 15.9 Å². The summed E-state index contributed by atoms with van der Waals surface area (Å²) in [5.74, 6) is 0. The van der Waals surface area contributed by atoms with Crippen molar-refractivity contribution in [3.05, 3.63) is 31.0 Å². The zero-order chi connectivity index (χ0) is 15.7. The van der Waals surface area contributed by atoms with Gasteiger partial charge in [-0.15, -0.1) is 0 Å². The van der Waals surface area contributed by atoms with Gasteiger partial charge < -0.3 is 9.82 Å². The summed E-state index contributed by atoms with van der Waals surface area (Å²) in [5.41, 5.74) is -0.465. The van der Waals surface area contributed by atoms with Gasteiger partial charge in [-0.2, -0.15) is 0 Å². The third-order valence-electron chi connectivity index (χ3n) is 3.40. The molecule has 0 aliphatic rings. The molecule has 1 N–H and O–H groups in total. The second-order valence-electron chi connectivity index (χ2n) is 5.28. The van der Waals surface area contributed by atoms with E-state index >= 15 is 0 Å². The van der Waals surface area contributed by atoms with E-state index in [0.29, 0.717) is 16.8 Å². The third kappa shape index (κ3) is 6.08. The minimum absolute atomic E-state index is 0.332. The SMILES string of the molecule is CCCCCCCCCCOn1c(=O)[nH]c(C)c(Br)c1=O. The van der Waals surface area contributed by atoms with Crippen LogP contribution < -0.4 is 16.1 Å². The molecule has 0 spiro atoms.